The first-order chi connectivity index (χ1) is 8.56. The highest BCUT2D eigenvalue weighted by atomic mass is 35.5. The van der Waals surface area contributed by atoms with E-state index < -0.39 is 0 Å². The molecule has 18 heavy (non-hydrogen) atoms. The molecule has 1 aliphatic rings. The molecule has 4 nitrogen and oxygen atoms in total. The Hall–Kier alpha value is -1.39. The second kappa shape index (κ2) is 4.07. The largest absolute Gasteiger partial charge is 0.382 e. The van der Waals surface area contributed by atoms with Gasteiger partial charge >= 0.3 is 0 Å². The van der Waals surface area contributed by atoms with Crippen LogP contribution < -0.4 is 11.6 Å². The van der Waals surface area contributed by atoms with Crippen LogP contribution in [0.1, 0.15) is 24.6 Å². The van der Waals surface area contributed by atoms with Gasteiger partial charge in [0.2, 0.25) is 0 Å². The Morgan fingerprint density at radius 3 is 2.33 bits per heavy atom. The Labute approximate surface area is 114 Å². The van der Waals surface area contributed by atoms with E-state index in [0.717, 1.165) is 24.2 Å². The van der Waals surface area contributed by atoms with Crippen molar-refractivity contribution in [1.29, 1.82) is 0 Å². The zero-order chi connectivity index (χ0) is 12.9. The molecule has 0 radical (unpaired) electrons. The maximum absolute atomic E-state index is 5.99. The molecule has 0 spiro atoms. The molecule has 1 aromatic heterocycles. The van der Waals surface area contributed by atoms with Crippen molar-refractivity contribution < 1.29 is 0 Å². The summed E-state index contributed by atoms with van der Waals surface area (Å²) in [5.74, 6) is 7.62. The van der Waals surface area contributed by atoms with E-state index in [-0.39, 0.29) is 0 Å². The lowest BCUT2D eigenvalue weighted by Gasteiger charge is -2.02. The summed E-state index contributed by atoms with van der Waals surface area (Å²) in [6, 6.07) is 5.23. The normalized spacial score (nSPS) is 15.0. The summed E-state index contributed by atoms with van der Waals surface area (Å²) >= 11 is 12.0. The van der Waals surface area contributed by atoms with E-state index in [1.807, 2.05) is 0 Å². The number of anilines is 1. The number of nitrogens with two attached hydrogens (primary N) is 2. The van der Waals surface area contributed by atoms with Gasteiger partial charge in [0.05, 0.1) is 0 Å². The van der Waals surface area contributed by atoms with Gasteiger partial charge in [-0.3, -0.25) is 0 Å². The van der Waals surface area contributed by atoms with Crippen LogP contribution in [0.4, 0.5) is 5.82 Å². The predicted octanol–water partition coefficient (Wildman–Crippen LogP) is 3.03. The van der Waals surface area contributed by atoms with E-state index in [1.165, 1.54) is 4.68 Å². The van der Waals surface area contributed by atoms with Crippen LogP contribution in [0.15, 0.2) is 18.2 Å². The van der Waals surface area contributed by atoms with Gasteiger partial charge in [0.1, 0.15) is 11.5 Å². The van der Waals surface area contributed by atoms with Crippen LogP contribution in [0, 0.1) is 0 Å². The molecule has 1 fully saturated rings. The molecule has 0 saturated heterocycles. The maximum atomic E-state index is 5.99. The maximum Gasteiger partial charge on any atom is 0.150 e. The number of halogens is 2. The van der Waals surface area contributed by atoms with Crippen LogP contribution in [0.2, 0.25) is 10.0 Å². The van der Waals surface area contributed by atoms with Gasteiger partial charge < -0.3 is 11.6 Å². The molecule has 94 valence electrons. The first-order valence-electron chi connectivity index (χ1n) is 5.66. The second-order valence-corrected chi connectivity index (χ2v) is 5.38. The number of benzene rings is 1. The lowest BCUT2D eigenvalue weighted by molar-refractivity contribution is 0.855. The summed E-state index contributed by atoms with van der Waals surface area (Å²) in [7, 11) is 0. The molecule has 1 aromatic carbocycles. The highest BCUT2D eigenvalue weighted by Crippen LogP contribution is 2.41. The molecular formula is C12H12Cl2N4. The summed E-state index contributed by atoms with van der Waals surface area (Å²) in [4.78, 5) is 4.52. The Morgan fingerprint density at radius 2 is 1.78 bits per heavy atom. The van der Waals surface area contributed by atoms with Gasteiger partial charge in [0.15, 0.2) is 5.82 Å². The Balaban J connectivity index is 2.13. The minimum absolute atomic E-state index is 0.431. The van der Waals surface area contributed by atoms with E-state index in [4.69, 9.17) is 34.8 Å². The summed E-state index contributed by atoms with van der Waals surface area (Å²) < 4.78 is 1.46. The van der Waals surface area contributed by atoms with E-state index >= 15 is 0 Å². The van der Waals surface area contributed by atoms with Crippen molar-refractivity contribution in [2.24, 2.45) is 0 Å². The van der Waals surface area contributed by atoms with E-state index in [2.05, 4.69) is 4.98 Å². The highest BCUT2D eigenvalue weighted by molar-refractivity contribution is 6.35. The fraction of sp³-hybridized carbons (Fsp3) is 0.250. The summed E-state index contributed by atoms with van der Waals surface area (Å²) in [5, 5.41) is 1.10. The molecule has 2 aromatic rings. The van der Waals surface area contributed by atoms with E-state index in [9.17, 15) is 0 Å². The molecule has 0 amide bonds. The average molecular weight is 283 g/mol. The quantitative estimate of drug-likeness (QED) is 0.832. The molecule has 0 aliphatic heterocycles. The third kappa shape index (κ3) is 1.91. The number of hydrogen-bond donors (Lipinski definition) is 2. The number of imidazole rings is 1. The van der Waals surface area contributed by atoms with Crippen molar-refractivity contribution >= 4 is 29.0 Å². The molecule has 3 rings (SSSR count). The van der Waals surface area contributed by atoms with Gasteiger partial charge in [-0.1, -0.05) is 23.2 Å². The standard InChI is InChI=1S/C12H12Cl2N4/c13-8-3-7(4-9(14)5-8)10-11(15)18(16)12(17-10)6-1-2-6/h3-6H,1-2,15-16H2. The number of hydrogen-bond acceptors (Lipinski definition) is 3. The van der Waals surface area contributed by atoms with Crippen LogP contribution in [0.5, 0.6) is 0 Å². The van der Waals surface area contributed by atoms with Gasteiger partial charge in [0, 0.05) is 21.5 Å². The monoisotopic (exact) mass is 282 g/mol. The van der Waals surface area contributed by atoms with Crippen LogP contribution in [0.3, 0.4) is 0 Å². The average Bonchev–Trinajstić information content (AvgIpc) is 3.07. The van der Waals surface area contributed by atoms with Crippen molar-refractivity contribution in [2.45, 2.75) is 18.8 Å². The zero-order valence-corrected chi connectivity index (χ0v) is 11.0. The molecule has 6 heteroatoms. The SMILES string of the molecule is Nc1c(-c2cc(Cl)cc(Cl)c2)nc(C2CC2)n1N. The molecule has 0 atom stereocenters. The molecule has 1 heterocycles. The van der Waals surface area contributed by atoms with Gasteiger partial charge in [-0.15, -0.1) is 0 Å². The lowest BCUT2D eigenvalue weighted by atomic mass is 10.1. The Bertz CT molecular complexity index is 597. The zero-order valence-electron chi connectivity index (χ0n) is 9.53. The summed E-state index contributed by atoms with van der Waals surface area (Å²) in [5.41, 5.74) is 7.42. The molecular weight excluding hydrogens is 271 g/mol. The number of nitrogen functional groups attached to an aromatic ring is 2. The summed E-state index contributed by atoms with van der Waals surface area (Å²) in [6.07, 6.45) is 2.23. The molecule has 0 bridgehead atoms. The molecule has 1 saturated carbocycles. The number of aromatic nitrogens is 2. The lowest BCUT2D eigenvalue weighted by Crippen LogP contribution is -2.14. The summed E-state index contributed by atoms with van der Waals surface area (Å²) in [6.45, 7) is 0. The number of nitrogens with zero attached hydrogens (tertiary/aromatic N) is 2. The van der Waals surface area contributed by atoms with Crippen LogP contribution in [0.25, 0.3) is 11.3 Å². The van der Waals surface area contributed by atoms with Crippen molar-refractivity contribution in [2.75, 3.05) is 11.6 Å². The minimum Gasteiger partial charge on any atom is -0.382 e. The third-order valence-corrected chi connectivity index (χ3v) is 3.49. The van der Waals surface area contributed by atoms with Gasteiger partial charge in [0.25, 0.3) is 0 Å². The van der Waals surface area contributed by atoms with Crippen molar-refractivity contribution in [1.82, 2.24) is 9.66 Å². The molecule has 4 N–H and O–H groups in total. The van der Waals surface area contributed by atoms with Crippen LogP contribution >= 0.6 is 23.2 Å². The minimum atomic E-state index is 0.431. The van der Waals surface area contributed by atoms with Gasteiger partial charge in [-0.05, 0) is 31.0 Å². The van der Waals surface area contributed by atoms with Crippen molar-refractivity contribution in [3.63, 3.8) is 0 Å². The topological polar surface area (TPSA) is 69.9 Å². The Kier molecular flexibility index (Phi) is 2.64. The first-order valence-corrected chi connectivity index (χ1v) is 6.41. The van der Waals surface area contributed by atoms with Crippen molar-refractivity contribution in [3.05, 3.63) is 34.1 Å². The third-order valence-electron chi connectivity index (χ3n) is 3.05. The van der Waals surface area contributed by atoms with Crippen molar-refractivity contribution in [3.8, 4) is 11.3 Å². The predicted molar refractivity (Wildman–Crippen MR) is 74.2 cm³/mol. The highest BCUT2D eigenvalue weighted by Gasteiger charge is 2.30. The molecule has 0 unspecified atom stereocenters. The second-order valence-electron chi connectivity index (χ2n) is 4.51. The first kappa shape index (κ1) is 11.7. The van der Waals surface area contributed by atoms with Gasteiger partial charge in [-0.25, -0.2) is 9.66 Å². The van der Waals surface area contributed by atoms with Crippen LogP contribution in [-0.2, 0) is 0 Å². The smallest absolute Gasteiger partial charge is 0.150 e. The van der Waals surface area contributed by atoms with Crippen LogP contribution in [-0.4, -0.2) is 9.66 Å². The fourth-order valence-electron chi connectivity index (χ4n) is 2.00. The molecule has 1 aliphatic carbocycles. The van der Waals surface area contributed by atoms with E-state index in [1.54, 1.807) is 18.2 Å². The number of rotatable bonds is 2. The Morgan fingerprint density at radius 1 is 1.17 bits per heavy atom. The van der Waals surface area contributed by atoms with E-state index in [0.29, 0.717) is 27.5 Å². The van der Waals surface area contributed by atoms with Gasteiger partial charge in [-0.2, -0.15) is 0 Å². The fourth-order valence-corrected chi connectivity index (χ4v) is 2.52.